The second kappa shape index (κ2) is 10.7. The first-order valence-corrected chi connectivity index (χ1v) is 8.88. The highest BCUT2D eigenvalue weighted by Crippen LogP contribution is 2.11. The van der Waals surface area contributed by atoms with Crippen molar-refractivity contribution in [2.45, 2.75) is 39.7 Å². The van der Waals surface area contributed by atoms with Crippen LogP contribution in [0.25, 0.3) is 0 Å². The molecular weight excluding hydrogens is 332 g/mol. The number of guanidine groups is 1. The Morgan fingerprint density at radius 3 is 2.65 bits per heavy atom. The summed E-state index contributed by atoms with van der Waals surface area (Å²) in [7, 11) is 1.59. The van der Waals surface area contributed by atoms with Crippen LogP contribution < -0.4 is 11.1 Å². The quantitative estimate of drug-likeness (QED) is 0.547. The van der Waals surface area contributed by atoms with Crippen molar-refractivity contribution < 1.29 is 14.3 Å². The van der Waals surface area contributed by atoms with Crippen molar-refractivity contribution in [3.05, 3.63) is 29.8 Å². The first kappa shape index (κ1) is 21.8. The topological polar surface area (TPSA) is 89.2 Å². The molecule has 7 nitrogen and oxygen atoms in total. The average Bonchev–Trinajstić information content (AvgIpc) is 2.56. The van der Waals surface area contributed by atoms with Gasteiger partial charge in [-0.05, 0) is 44.9 Å². The summed E-state index contributed by atoms with van der Waals surface area (Å²) in [6, 6.07) is 8.01. The molecule has 0 unspecified atom stereocenters. The Morgan fingerprint density at radius 2 is 2.04 bits per heavy atom. The Bertz CT molecular complexity index is 597. The molecule has 0 aliphatic rings. The lowest BCUT2D eigenvalue weighted by atomic mass is 10.1. The van der Waals surface area contributed by atoms with E-state index in [4.69, 9.17) is 15.2 Å². The normalized spacial score (nSPS) is 12.0. The van der Waals surface area contributed by atoms with E-state index in [-0.39, 0.29) is 6.09 Å². The summed E-state index contributed by atoms with van der Waals surface area (Å²) in [6.07, 6.45) is 0.573. The third-order valence-electron chi connectivity index (χ3n) is 3.48. The minimum absolute atomic E-state index is 0.314. The summed E-state index contributed by atoms with van der Waals surface area (Å²) in [5, 5.41) is 3.07. The number of methoxy groups -OCH3 is 1. The Kier molecular flexibility index (Phi) is 8.92. The van der Waals surface area contributed by atoms with Crippen LogP contribution in [0.4, 0.5) is 10.5 Å². The van der Waals surface area contributed by atoms with Crippen molar-refractivity contribution in [1.82, 2.24) is 4.90 Å². The molecule has 1 rings (SSSR count). The lowest BCUT2D eigenvalue weighted by Crippen LogP contribution is -2.40. The highest BCUT2D eigenvalue weighted by atomic mass is 16.6. The van der Waals surface area contributed by atoms with Gasteiger partial charge in [0.15, 0.2) is 5.96 Å². The number of benzene rings is 1. The lowest BCUT2D eigenvalue weighted by Gasteiger charge is -2.26. The van der Waals surface area contributed by atoms with Gasteiger partial charge in [-0.15, -0.1) is 0 Å². The summed E-state index contributed by atoms with van der Waals surface area (Å²) < 4.78 is 10.5. The van der Waals surface area contributed by atoms with E-state index in [0.29, 0.717) is 32.2 Å². The van der Waals surface area contributed by atoms with Crippen molar-refractivity contribution in [3.63, 3.8) is 0 Å². The van der Waals surface area contributed by atoms with Gasteiger partial charge in [0.05, 0.1) is 13.2 Å². The molecule has 0 atom stereocenters. The molecule has 0 fully saturated rings. The second-order valence-corrected chi connectivity index (χ2v) is 6.91. The number of nitrogens with two attached hydrogens (primary N) is 1. The van der Waals surface area contributed by atoms with Gasteiger partial charge in [0.25, 0.3) is 0 Å². The van der Waals surface area contributed by atoms with E-state index < -0.39 is 5.60 Å². The fourth-order valence-corrected chi connectivity index (χ4v) is 2.17. The average molecular weight is 364 g/mol. The van der Waals surface area contributed by atoms with Gasteiger partial charge in [-0.1, -0.05) is 19.1 Å². The molecule has 0 saturated carbocycles. The maximum absolute atomic E-state index is 12.3. The number of nitrogens with one attached hydrogen (secondary N) is 1. The number of rotatable bonds is 8. The predicted octanol–water partition coefficient (Wildman–Crippen LogP) is 2.86. The van der Waals surface area contributed by atoms with Crippen LogP contribution in [-0.4, -0.2) is 55.9 Å². The van der Waals surface area contributed by atoms with Crippen LogP contribution in [-0.2, 0) is 15.9 Å². The highest BCUT2D eigenvalue weighted by Gasteiger charge is 2.21. The van der Waals surface area contributed by atoms with E-state index >= 15 is 0 Å². The fourth-order valence-electron chi connectivity index (χ4n) is 2.17. The zero-order valence-electron chi connectivity index (χ0n) is 16.5. The zero-order chi connectivity index (χ0) is 19.6. The number of aliphatic imine (C=N–C) groups is 1. The molecule has 0 aromatic heterocycles. The Labute approximate surface area is 156 Å². The van der Waals surface area contributed by atoms with Crippen LogP contribution in [0, 0.1) is 0 Å². The number of amides is 1. The van der Waals surface area contributed by atoms with Crippen LogP contribution in [0.15, 0.2) is 29.3 Å². The van der Waals surface area contributed by atoms with E-state index in [1.54, 1.807) is 12.0 Å². The minimum Gasteiger partial charge on any atom is -0.444 e. The zero-order valence-corrected chi connectivity index (χ0v) is 16.5. The van der Waals surface area contributed by atoms with Gasteiger partial charge in [0.2, 0.25) is 0 Å². The molecule has 0 spiro atoms. The van der Waals surface area contributed by atoms with Crippen molar-refractivity contribution in [2.24, 2.45) is 10.7 Å². The van der Waals surface area contributed by atoms with Gasteiger partial charge in [-0.25, -0.2) is 4.79 Å². The molecule has 146 valence electrons. The number of carbonyl (C=O) groups is 1. The number of nitrogens with zero attached hydrogens (tertiary/aromatic N) is 2. The molecule has 7 heteroatoms. The molecule has 0 aliphatic carbocycles. The van der Waals surface area contributed by atoms with Crippen LogP contribution in [0.3, 0.4) is 0 Å². The van der Waals surface area contributed by atoms with E-state index in [1.807, 2.05) is 39.0 Å². The smallest absolute Gasteiger partial charge is 0.410 e. The molecule has 1 amide bonds. The SMILES string of the molecule is CCc1cccc(NC(N)=NCCN(CCOC)C(=O)OC(C)(C)C)c1. The maximum Gasteiger partial charge on any atom is 0.410 e. The predicted molar refractivity (Wildman–Crippen MR) is 106 cm³/mol. The summed E-state index contributed by atoms with van der Waals surface area (Å²) in [6.45, 7) is 9.25. The molecule has 1 aromatic rings. The summed E-state index contributed by atoms with van der Waals surface area (Å²) >= 11 is 0. The van der Waals surface area contributed by atoms with Crippen LogP contribution >= 0.6 is 0 Å². The number of hydrogen-bond donors (Lipinski definition) is 2. The van der Waals surface area contributed by atoms with E-state index in [0.717, 1.165) is 12.1 Å². The first-order chi connectivity index (χ1) is 12.2. The maximum atomic E-state index is 12.3. The van der Waals surface area contributed by atoms with Crippen molar-refractivity contribution in [3.8, 4) is 0 Å². The van der Waals surface area contributed by atoms with Gasteiger partial charge in [0.1, 0.15) is 5.60 Å². The van der Waals surface area contributed by atoms with Gasteiger partial charge in [0, 0.05) is 25.9 Å². The van der Waals surface area contributed by atoms with Crippen LogP contribution in [0.2, 0.25) is 0 Å². The fraction of sp³-hybridized carbons (Fsp3) is 0.579. The van der Waals surface area contributed by atoms with Crippen LogP contribution in [0.5, 0.6) is 0 Å². The van der Waals surface area contributed by atoms with Gasteiger partial charge < -0.3 is 25.4 Å². The molecule has 26 heavy (non-hydrogen) atoms. The number of carbonyl (C=O) groups excluding carboxylic acids is 1. The number of hydrogen-bond acceptors (Lipinski definition) is 4. The van der Waals surface area contributed by atoms with Gasteiger partial charge in [-0.2, -0.15) is 0 Å². The molecule has 1 aromatic carbocycles. The molecule has 3 N–H and O–H groups in total. The van der Waals surface area contributed by atoms with Crippen LogP contribution in [0.1, 0.15) is 33.3 Å². The third kappa shape index (κ3) is 8.71. The summed E-state index contributed by atoms with van der Waals surface area (Å²) in [4.78, 5) is 18.1. The Balaban J connectivity index is 2.60. The highest BCUT2D eigenvalue weighted by molar-refractivity contribution is 5.92. The van der Waals surface area contributed by atoms with E-state index in [1.165, 1.54) is 5.56 Å². The molecule has 0 radical (unpaired) electrons. The first-order valence-electron chi connectivity index (χ1n) is 8.88. The van der Waals surface area contributed by atoms with Crippen molar-refractivity contribution in [2.75, 3.05) is 38.7 Å². The number of ether oxygens (including phenoxy) is 2. The Morgan fingerprint density at radius 1 is 1.31 bits per heavy atom. The summed E-state index contributed by atoms with van der Waals surface area (Å²) in [5.74, 6) is 0.314. The molecule has 0 bridgehead atoms. The monoisotopic (exact) mass is 364 g/mol. The summed E-state index contributed by atoms with van der Waals surface area (Å²) in [5.41, 5.74) is 7.51. The molecular formula is C19H32N4O3. The van der Waals surface area contributed by atoms with E-state index in [9.17, 15) is 4.79 Å². The van der Waals surface area contributed by atoms with Crippen molar-refractivity contribution >= 4 is 17.7 Å². The number of anilines is 1. The molecule has 0 aliphatic heterocycles. The third-order valence-corrected chi connectivity index (χ3v) is 3.48. The standard InChI is InChI=1S/C19H32N4O3/c1-6-15-8-7-9-16(14-15)22-17(20)21-10-11-23(12-13-25-5)18(24)26-19(2,3)4/h7-9,14H,6,10-13H2,1-5H3,(H3,20,21,22). The lowest BCUT2D eigenvalue weighted by molar-refractivity contribution is 0.0208. The molecule has 0 saturated heterocycles. The van der Waals surface area contributed by atoms with Crippen molar-refractivity contribution in [1.29, 1.82) is 0 Å². The van der Waals surface area contributed by atoms with E-state index in [2.05, 4.69) is 23.3 Å². The second-order valence-electron chi connectivity index (χ2n) is 6.91. The van der Waals surface area contributed by atoms with Gasteiger partial charge >= 0.3 is 6.09 Å². The largest absolute Gasteiger partial charge is 0.444 e. The minimum atomic E-state index is -0.545. The molecule has 0 heterocycles. The Hall–Kier alpha value is -2.28. The number of aryl methyl sites for hydroxylation is 1. The van der Waals surface area contributed by atoms with Gasteiger partial charge in [-0.3, -0.25) is 4.99 Å².